The fourth-order valence-corrected chi connectivity index (χ4v) is 6.23. The Balaban J connectivity index is 1.85. The summed E-state index contributed by atoms with van der Waals surface area (Å²) >= 11 is 0. The van der Waals surface area contributed by atoms with Crippen molar-refractivity contribution in [3.05, 3.63) is 22.8 Å². The van der Waals surface area contributed by atoms with Crippen LogP contribution < -0.4 is 4.74 Å². The molecule has 4 heteroatoms. The molecule has 0 saturated heterocycles. The van der Waals surface area contributed by atoms with Crippen molar-refractivity contribution >= 4 is 5.97 Å². The molecule has 26 heavy (non-hydrogen) atoms. The van der Waals surface area contributed by atoms with E-state index in [9.17, 15) is 15.0 Å². The topological polar surface area (TPSA) is 66.8 Å². The number of aromatic hydroxyl groups is 1. The highest BCUT2D eigenvalue weighted by atomic mass is 16.5. The van der Waals surface area contributed by atoms with Crippen molar-refractivity contribution in [3.63, 3.8) is 0 Å². The van der Waals surface area contributed by atoms with Crippen LogP contribution in [0.1, 0.15) is 87.2 Å². The molecule has 0 spiro atoms. The van der Waals surface area contributed by atoms with Gasteiger partial charge >= 0.3 is 5.97 Å². The molecule has 3 aliphatic rings. The van der Waals surface area contributed by atoms with Crippen molar-refractivity contribution in [2.45, 2.75) is 77.7 Å². The minimum Gasteiger partial charge on any atom is -0.507 e. The molecule has 4 nitrogen and oxygen atoms in total. The number of ether oxygens (including phenoxy) is 1. The van der Waals surface area contributed by atoms with Crippen molar-refractivity contribution in [1.82, 2.24) is 0 Å². The Labute approximate surface area is 155 Å². The summed E-state index contributed by atoms with van der Waals surface area (Å²) < 4.78 is 6.45. The fourth-order valence-electron chi connectivity index (χ4n) is 6.23. The molecule has 1 aromatic carbocycles. The third kappa shape index (κ3) is 2.17. The highest BCUT2D eigenvalue weighted by molar-refractivity contribution is 5.94. The quantitative estimate of drug-likeness (QED) is 0.717. The summed E-state index contributed by atoms with van der Waals surface area (Å²) in [4.78, 5) is 11.9. The van der Waals surface area contributed by atoms with E-state index in [-0.39, 0.29) is 28.2 Å². The van der Waals surface area contributed by atoms with Gasteiger partial charge in [0.1, 0.15) is 22.7 Å². The van der Waals surface area contributed by atoms with Gasteiger partial charge in [0.2, 0.25) is 0 Å². The average Bonchev–Trinajstić information content (AvgIpc) is 2.88. The molecular weight excluding hydrogens is 328 g/mol. The summed E-state index contributed by atoms with van der Waals surface area (Å²) in [6, 6.07) is 1.91. The molecule has 0 bridgehead atoms. The van der Waals surface area contributed by atoms with E-state index >= 15 is 0 Å². The largest absolute Gasteiger partial charge is 0.507 e. The second-order valence-corrected chi connectivity index (χ2v) is 9.32. The number of aromatic carboxylic acids is 1. The SMILES string of the molecule is CCCCCc1cc2c(c(O)c1C(=O)O)[C@@H]1[C@H]3[C@H](CC[C@@]3(C)O2)C1(C)C. The molecule has 4 atom stereocenters. The maximum atomic E-state index is 11.9. The Kier molecular flexibility index (Phi) is 3.84. The number of fused-ring (bicyclic) bond motifs is 2. The normalized spacial score (nSPS) is 33.0. The van der Waals surface area contributed by atoms with Gasteiger partial charge in [-0.25, -0.2) is 4.79 Å². The van der Waals surface area contributed by atoms with Gasteiger partial charge in [-0.05, 0) is 55.6 Å². The van der Waals surface area contributed by atoms with Crippen molar-refractivity contribution < 1.29 is 19.7 Å². The first-order valence-corrected chi connectivity index (χ1v) is 10.0. The number of phenols is 1. The summed E-state index contributed by atoms with van der Waals surface area (Å²) in [6.45, 7) is 8.84. The van der Waals surface area contributed by atoms with Gasteiger partial charge in [0, 0.05) is 17.4 Å². The molecule has 2 fully saturated rings. The van der Waals surface area contributed by atoms with Crippen LogP contribution in [0, 0.1) is 17.3 Å². The zero-order chi connectivity index (χ0) is 18.9. The summed E-state index contributed by atoms with van der Waals surface area (Å²) in [7, 11) is 0. The number of unbranched alkanes of at least 4 members (excludes halogenated alkanes) is 2. The Hall–Kier alpha value is -1.71. The van der Waals surface area contributed by atoms with Gasteiger partial charge in [-0.1, -0.05) is 33.6 Å². The number of hydrogen-bond donors (Lipinski definition) is 2. The molecule has 0 radical (unpaired) electrons. The predicted octanol–water partition coefficient (Wildman–Crippen LogP) is 5.12. The van der Waals surface area contributed by atoms with Crippen molar-refractivity contribution in [2.24, 2.45) is 17.3 Å². The van der Waals surface area contributed by atoms with E-state index in [1.54, 1.807) is 0 Å². The van der Waals surface area contributed by atoms with E-state index in [0.717, 1.165) is 43.4 Å². The molecule has 0 aromatic heterocycles. The van der Waals surface area contributed by atoms with Gasteiger partial charge in [0.25, 0.3) is 0 Å². The number of aryl methyl sites for hydroxylation is 1. The number of rotatable bonds is 5. The van der Waals surface area contributed by atoms with Gasteiger partial charge in [0.05, 0.1) is 0 Å². The molecule has 2 saturated carbocycles. The van der Waals surface area contributed by atoms with Crippen LogP contribution >= 0.6 is 0 Å². The molecular formula is C22H30O4. The van der Waals surface area contributed by atoms with E-state index in [2.05, 4.69) is 27.7 Å². The highest BCUT2D eigenvalue weighted by Gasteiger charge is 2.69. The van der Waals surface area contributed by atoms with Crippen LogP contribution in [0.25, 0.3) is 0 Å². The van der Waals surface area contributed by atoms with Gasteiger partial charge < -0.3 is 14.9 Å². The summed E-state index contributed by atoms with van der Waals surface area (Å²) in [6.07, 6.45) is 5.90. The van der Waals surface area contributed by atoms with Crippen LogP contribution in [0.5, 0.6) is 11.5 Å². The Morgan fingerprint density at radius 2 is 2.04 bits per heavy atom. The molecule has 142 valence electrons. The Morgan fingerprint density at radius 1 is 1.31 bits per heavy atom. The Bertz CT molecular complexity index is 766. The molecule has 2 N–H and O–H groups in total. The number of carboxylic acid groups (broad SMARTS) is 1. The molecule has 1 aliphatic heterocycles. The number of hydrogen-bond acceptors (Lipinski definition) is 3. The van der Waals surface area contributed by atoms with Crippen molar-refractivity contribution in [2.75, 3.05) is 0 Å². The van der Waals surface area contributed by atoms with E-state index in [0.29, 0.717) is 23.8 Å². The lowest BCUT2D eigenvalue weighted by molar-refractivity contribution is -0.121. The number of carbonyl (C=O) groups is 1. The van der Waals surface area contributed by atoms with Crippen molar-refractivity contribution in [3.8, 4) is 11.5 Å². The summed E-state index contributed by atoms with van der Waals surface area (Å²) in [5.74, 6) is 0.769. The summed E-state index contributed by atoms with van der Waals surface area (Å²) in [5, 5.41) is 20.8. The summed E-state index contributed by atoms with van der Waals surface area (Å²) in [5.41, 5.74) is 1.42. The van der Waals surface area contributed by atoms with Crippen molar-refractivity contribution in [1.29, 1.82) is 0 Å². The van der Waals surface area contributed by atoms with Crippen LogP contribution in [0.15, 0.2) is 6.07 Å². The van der Waals surface area contributed by atoms with Crippen LogP contribution in [0.3, 0.4) is 0 Å². The zero-order valence-electron chi connectivity index (χ0n) is 16.3. The average molecular weight is 358 g/mol. The third-order valence-corrected chi connectivity index (χ3v) is 7.51. The van der Waals surface area contributed by atoms with E-state index < -0.39 is 5.97 Å². The van der Waals surface area contributed by atoms with Crippen LogP contribution in [0.4, 0.5) is 0 Å². The first-order chi connectivity index (χ1) is 12.2. The minimum atomic E-state index is -1.04. The van der Waals surface area contributed by atoms with Gasteiger partial charge in [-0.15, -0.1) is 0 Å². The van der Waals surface area contributed by atoms with E-state index in [1.807, 2.05) is 6.07 Å². The molecule has 1 heterocycles. The van der Waals surface area contributed by atoms with Gasteiger partial charge in [0.15, 0.2) is 0 Å². The minimum absolute atomic E-state index is 0.0491. The molecule has 2 aliphatic carbocycles. The van der Waals surface area contributed by atoms with Crippen LogP contribution in [0.2, 0.25) is 0 Å². The number of carboxylic acids is 1. The first kappa shape index (κ1) is 17.7. The third-order valence-electron chi connectivity index (χ3n) is 7.51. The first-order valence-electron chi connectivity index (χ1n) is 10.0. The van der Waals surface area contributed by atoms with Gasteiger partial charge in [-0.2, -0.15) is 0 Å². The molecule has 1 aromatic rings. The molecule has 0 amide bonds. The van der Waals surface area contributed by atoms with Gasteiger partial charge in [-0.3, -0.25) is 0 Å². The maximum Gasteiger partial charge on any atom is 0.339 e. The smallest absolute Gasteiger partial charge is 0.339 e. The lowest BCUT2D eigenvalue weighted by atomic mass is 9.45. The predicted molar refractivity (Wildman–Crippen MR) is 100 cm³/mol. The lowest BCUT2D eigenvalue weighted by Gasteiger charge is -2.62. The number of benzene rings is 1. The lowest BCUT2D eigenvalue weighted by Crippen LogP contribution is -2.59. The second-order valence-electron chi connectivity index (χ2n) is 9.32. The van der Waals surface area contributed by atoms with Crippen LogP contribution in [-0.2, 0) is 6.42 Å². The standard InChI is InChI=1S/C22H30O4/c1-5-6-7-8-12-11-14-16(19(23)15(12)20(24)25)18-17-13(21(18,2)3)9-10-22(17,4)26-14/h11,13,17-18,23H,5-10H2,1-4H3,(H,24,25)/t13-,17+,18+,22+/m0/s1. The fraction of sp³-hybridized carbons (Fsp3) is 0.682. The second kappa shape index (κ2) is 5.64. The molecule has 0 unspecified atom stereocenters. The highest BCUT2D eigenvalue weighted by Crippen LogP contribution is 2.74. The zero-order valence-corrected chi connectivity index (χ0v) is 16.3. The van der Waals surface area contributed by atoms with Crippen LogP contribution in [-0.4, -0.2) is 21.8 Å². The Morgan fingerprint density at radius 3 is 2.69 bits per heavy atom. The monoisotopic (exact) mass is 358 g/mol. The maximum absolute atomic E-state index is 11.9. The van der Waals surface area contributed by atoms with E-state index in [1.165, 1.54) is 0 Å². The van der Waals surface area contributed by atoms with E-state index in [4.69, 9.17) is 4.74 Å². The molecule has 4 rings (SSSR count).